The minimum Gasteiger partial charge on any atom is -0.497 e. The van der Waals surface area contributed by atoms with Gasteiger partial charge in [-0.2, -0.15) is 0 Å². The number of nitrogens with zero attached hydrogens (tertiary/aromatic N) is 3. The summed E-state index contributed by atoms with van der Waals surface area (Å²) in [6.45, 7) is 0.797. The van der Waals surface area contributed by atoms with E-state index < -0.39 is 27.6 Å². The van der Waals surface area contributed by atoms with Crippen LogP contribution in [0.15, 0.2) is 77.7 Å². The van der Waals surface area contributed by atoms with Crippen LogP contribution in [0.25, 0.3) is 0 Å². The quantitative estimate of drug-likeness (QED) is 0.409. The van der Waals surface area contributed by atoms with E-state index in [2.05, 4.69) is 0 Å². The van der Waals surface area contributed by atoms with Crippen LogP contribution in [0.1, 0.15) is 24.0 Å². The van der Waals surface area contributed by atoms with Gasteiger partial charge in [-0.25, -0.2) is 12.7 Å². The summed E-state index contributed by atoms with van der Waals surface area (Å²) < 4.78 is 41.4. The number of likely N-dealkylation sites (N-methyl/N-ethyl adjacent to an activating group) is 1. The molecule has 41 heavy (non-hydrogen) atoms. The first-order valence-corrected chi connectivity index (χ1v) is 15.0. The molecule has 2 saturated heterocycles. The van der Waals surface area contributed by atoms with Crippen LogP contribution in [0.5, 0.6) is 11.5 Å². The number of sulfonamides is 1. The lowest BCUT2D eigenvalue weighted by Gasteiger charge is -2.41. The third kappa shape index (κ3) is 4.06. The van der Waals surface area contributed by atoms with E-state index in [1.807, 2.05) is 36.4 Å². The second-order valence-corrected chi connectivity index (χ2v) is 12.4. The Hall–Kier alpha value is -4.09. The number of benzene rings is 3. The SMILES string of the molecule is COc1ccc([C@]23C[C@H]4C(=O)N(C)CC(=O)N4[C@H]2N(S(=O)(=O)c2ccc(OCCCN)cc2)c2ccccc23)cc1. The van der Waals surface area contributed by atoms with Gasteiger partial charge in [0, 0.05) is 7.05 Å². The largest absolute Gasteiger partial charge is 0.497 e. The van der Waals surface area contributed by atoms with Gasteiger partial charge < -0.3 is 25.0 Å². The predicted molar refractivity (Wildman–Crippen MR) is 152 cm³/mol. The van der Waals surface area contributed by atoms with E-state index in [4.69, 9.17) is 15.2 Å². The summed E-state index contributed by atoms with van der Waals surface area (Å²) in [7, 11) is -1.02. The summed E-state index contributed by atoms with van der Waals surface area (Å²) in [5.41, 5.74) is 6.59. The molecule has 3 aliphatic heterocycles. The Morgan fingerprint density at radius 2 is 1.66 bits per heavy atom. The van der Waals surface area contributed by atoms with Crippen molar-refractivity contribution in [2.45, 2.75) is 35.4 Å². The van der Waals surface area contributed by atoms with Gasteiger partial charge in [-0.3, -0.25) is 9.59 Å². The van der Waals surface area contributed by atoms with Crippen molar-refractivity contribution in [2.24, 2.45) is 5.73 Å². The molecular formula is C30H32N4O6S. The summed E-state index contributed by atoms with van der Waals surface area (Å²) in [6, 6.07) is 20.2. The second-order valence-electron chi connectivity index (χ2n) is 10.6. The number of hydrogen-bond acceptors (Lipinski definition) is 7. The molecule has 2 fully saturated rings. The molecule has 0 radical (unpaired) electrons. The van der Waals surface area contributed by atoms with Crippen LogP contribution < -0.4 is 19.5 Å². The number of rotatable bonds is 8. The van der Waals surface area contributed by atoms with E-state index in [0.717, 1.165) is 11.1 Å². The molecule has 0 aromatic heterocycles. The van der Waals surface area contributed by atoms with Crippen LogP contribution in [-0.2, 0) is 25.0 Å². The molecule has 214 valence electrons. The monoisotopic (exact) mass is 576 g/mol. The summed E-state index contributed by atoms with van der Waals surface area (Å²) in [5, 5.41) is 0. The maximum absolute atomic E-state index is 14.5. The number of piperazine rings is 1. The molecule has 2 N–H and O–H groups in total. The number of fused-ring (bicyclic) bond motifs is 5. The number of hydrogen-bond donors (Lipinski definition) is 1. The minimum atomic E-state index is -4.20. The first-order valence-electron chi connectivity index (χ1n) is 13.5. The summed E-state index contributed by atoms with van der Waals surface area (Å²) >= 11 is 0. The van der Waals surface area contributed by atoms with E-state index in [1.54, 1.807) is 38.4 Å². The standard InChI is InChI=1S/C30H32N4O6S/c1-32-19-27(35)33-26(28(32)36)18-30(20-8-10-21(39-2)11-9-20)24-6-3-4-7-25(24)34(29(30)33)41(37,38)23-14-12-22(13-15-23)40-17-5-16-31/h3-4,6-15,26,29H,5,16-19,31H2,1-2H3/t26-,29-,30-/m0/s1. The van der Waals surface area contributed by atoms with E-state index >= 15 is 0 Å². The van der Waals surface area contributed by atoms with Gasteiger partial charge in [-0.15, -0.1) is 0 Å². The predicted octanol–water partition coefficient (Wildman–Crippen LogP) is 2.32. The topological polar surface area (TPSA) is 122 Å². The van der Waals surface area contributed by atoms with Gasteiger partial charge in [0.1, 0.15) is 23.7 Å². The van der Waals surface area contributed by atoms with Crippen LogP contribution in [-0.4, -0.2) is 76.1 Å². The number of nitrogens with two attached hydrogens (primary N) is 1. The Bertz CT molecular complexity index is 1590. The number of carbonyl (C=O) groups is 2. The molecule has 0 unspecified atom stereocenters. The van der Waals surface area contributed by atoms with Crippen LogP contribution in [0, 0.1) is 0 Å². The van der Waals surface area contributed by atoms with Gasteiger partial charge in [-0.05, 0) is 73.0 Å². The van der Waals surface area contributed by atoms with E-state index in [0.29, 0.717) is 36.8 Å². The molecule has 3 aromatic rings. The van der Waals surface area contributed by atoms with Gasteiger partial charge in [-0.1, -0.05) is 30.3 Å². The first-order chi connectivity index (χ1) is 19.7. The van der Waals surface area contributed by atoms with Gasteiger partial charge >= 0.3 is 0 Å². The highest BCUT2D eigenvalue weighted by Crippen LogP contribution is 2.59. The van der Waals surface area contributed by atoms with Gasteiger partial charge in [0.2, 0.25) is 11.8 Å². The molecular weight excluding hydrogens is 544 g/mol. The Kier molecular flexibility index (Phi) is 6.66. The summed E-state index contributed by atoms with van der Waals surface area (Å²) in [4.78, 5) is 30.1. The molecule has 11 heteroatoms. The van der Waals surface area contributed by atoms with Crippen LogP contribution in [0.2, 0.25) is 0 Å². The van der Waals surface area contributed by atoms with Crippen LogP contribution in [0.4, 0.5) is 5.69 Å². The maximum atomic E-state index is 14.5. The third-order valence-electron chi connectivity index (χ3n) is 8.32. The summed E-state index contributed by atoms with van der Waals surface area (Å²) in [6.07, 6.45) is -0.0527. The lowest BCUT2D eigenvalue weighted by molar-refractivity contribution is -0.153. The third-order valence-corrected chi connectivity index (χ3v) is 10.1. The Balaban J connectivity index is 1.53. The van der Waals surface area contributed by atoms with Crippen molar-refractivity contribution in [1.82, 2.24) is 9.80 Å². The molecule has 2 amide bonds. The summed E-state index contributed by atoms with van der Waals surface area (Å²) in [5.74, 6) is 0.677. The molecule has 0 aliphatic carbocycles. The van der Waals surface area contributed by atoms with Crippen LogP contribution in [0.3, 0.4) is 0 Å². The zero-order valence-corrected chi connectivity index (χ0v) is 23.7. The van der Waals surface area contributed by atoms with Crippen molar-refractivity contribution in [3.63, 3.8) is 0 Å². The van der Waals surface area contributed by atoms with Gasteiger partial charge in [0.15, 0.2) is 0 Å². The average molecular weight is 577 g/mol. The van der Waals surface area contributed by atoms with Gasteiger partial charge in [0.05, 0.1) is 36.3 Å². The fourth-order valence-electron chi connectivity index (χ4n) is 6.45. The van der Waals surface area contributed by atoms with Gasteiger partial charge in [0.25, 0.3) is 10.0 Å². The van der Waals surface area contributed by atoms with Crippen molar-refractivity contribution in [3.8, 4) is 11.5 Å². The number of methoxy groups -OCH3 is 1. The molecule has 3 atom stereocenters. The van der Waals surface area contributed by atoms with Crippen molar-refractivity contribution in [1.29, 1.82) is 0 Å². The second kappa shape index (κ2) is 10.1. The van der Waals surface area contributed by atoms with E-state index in [-0.39, 0.29) is 29.7 Å². The Morgan fingerprint density at radius 3 is 2.34 bits per heavy atom. The number of carbonyl (C=O) groups excluding carboxylic acids is 2. The molecule has 3 aliphatic rings. The van der Waals surface area contributed by atoms with E-state index in [9.17, 15) is 18.0 Å². The van der Waals surface area contributed by atoms with Crippen molar-refractivity contribution in [2.75, 3.05) is 38.2 Å². The maximum Gasteiger partial charge on any atom is 0.266 e. The normalized spacial score (nSPS) is 23.3. The fraction of sp³-hybridized carbons (Fsp3) is 0.333. The molecule has 3 aromatic carbocycles. The number of para-hydroxylation sites is 1. The highest BCUT2D eigenvalue weighted by Gasteiger charge is 2.67. The Labute approximate surface area is 239 Å². The molecule has 0 saturated carbocycles. The smallest absolute Gasteiger partial charge is 0.266 e. The number of amides is 2. The van der Waals surface area contributed by atoms with Crippen molar-refractivity contribution in [3.05, 3.63) is 83.9 Å². The lowest BCUT2D eigenvalue weighted by atomic mass is 9.72. The first kappa shape index (κ1) is 27.1. The zero-order valence-electron chi connectivity index (χ0n) is 22.9. The molecule has 10 nitrogen and oxygen atoms in total. The molecule has 0 spiro atoms. The minimum absolute atomic E-state index is 0.0559. The highest BCUT2D eigenvalue weighted by atomic mass is 32.2. The zero-order chi connectivity index (χ0) is 28.9. The van der Waals surface area contributed by atoms with Crippen molar-refractivity contribution < 1.29 is 27.5 Å². The van der Waals surface area contributed by atoms with Crippen molar-refractivity contribution >= 4 is 27.5 Å². The van der Waals surface area contributed by atoms with Crippen LogP contribution >= 0.6 is 0 Å². The lowest BCUT2D eigenvalue weighted by Crippen LogP contribution is -2.62. The average Bonchev–Trinajstić information content (AvgIpc) is 3.48. The molecule has 6 rings (SSSR count). The van der Waals surface area contributed by atoms with E-state index in [1.165, 1.54) is 26.2 Å². The number of anilines is 1. The molecule has 3 heterocycles. The molecule has 0 bridgehead atoms. The Morgan fingerprint density at radius 1 is 0.976 bits per heavy atom. The highest BCUT2D eigenvalue weighted by molar-refractivity contribution is 7.92. The fourth-order valence-corrected chi connectivity index (χ4v) is 8.12. The number of ether oxygens (including phenoxy) is 2.